The molecular weight excluding hydrogens is 112 g/mol. The standard InChI is InChI=1S/C8H18O/c1-6-7(2,3)8(4,5)9/h9H,6H2,1-5H3. The summed E-state index contributed by atoms with van der Waals surface area (Å²) in [5, 5.41) is 9.55. The maximum atomic E-state index is 9.55. The molecule has 0 amide bonds. The molecule has 0 radical (unpaired) electrons. The van der Waals surface area contributed by atoms with E-state index in [0.29, 0.717) is 0 Å². The lowest BCUT2D eigenvalue weighted by Gasteiger charge is -2.36. The highest BCUT2D eigenvalue weighted by atomic mass is 16.3. The van der Waals surface area contributed by atoms with Crippen LogP contribution in [0.3, 0.4) is 0 Å². The van der Waals surface area contributed by atoms with Gasteiger partial charge in [-0.05, 0) is 25.7 Å². The number of hydrogen-bond donors (Lipinski definition) is 1. The molecule has 56 valence electrons. The summed E-state index contributed by atoms with van der Waals surface area (Å²) >= 11 is 0. The van der Waals surface area contributed by atoms with Gasteiger partial charge in [-0.25, -0.2) is 0 Å². The smallest absolute Gasteiger partial charge is 0.0642 e. The van der Waals surface area contributed by atoms with Gasteiger partial charge in [-0.15, -0.1) is 0 Å². The van der Waals surface area contributed by atoms with Crippen molar-refractivity contribution >= 4 is 0 Å². The van der Waals surface area contributed by atoms with Gasteiger partial charge >= 0.3 is 0 Å². The van der Waals surface area contributed by atoms with E-state index >= 15 is 0 Å². The van der Waals surface area contributed by atoms with Gasteiger partial charge in [0, 0.05) is 0 Å². The van der Waals surface area contributed by atoms with Crippen LogP contribution in [0.15, 0.2) is 0 Å². The monoisotopic (exact) mass is 130 g/mol. The van der Waals surface area contributed by atoms with Gasteiger partial charge in [-0.1, -0.05) is 20.8 Å². The van der Waals surface area contributed by atoms with E-state index in [-0.39, 0.29) is 5.41 Å². The summed E-state index contributed by atoms with van der Waals surface area (Å²) in [7, 11) is 0. The van der Waals surface area contributed by atoms with Crippen molar-refractivity contribution < 1.29 is 5.11 Å². The molecule has 0 bridgehead atoms. The molecule has 0 heterocycles. The van der Waals surface area contributed by atoms with Gasteiger partial charge in [0.1, 0.15) is 0 Å². The van der Waals surface area contributed by atoms with Crippen LogP contribution >= 0.6 is 0 Å². The van der Waals surface area contributed by atoms with Crippen LogP contribution in [0.25, 0.3) is 0 Å². The minimum absolute atomic E-state index is 0.0347. The van der Waals surface area contributed by atoms with Crippen molar-refractivity contribution in [2.45, 2.75) is 46.6 Å². The average Bonchev–Trinajstić information content (AvgIpc) is 1.64. The first-order valence-electron chi connectivity index (χ1n) is 3.53. The maximum Gasteiger partial charge on any atom is 0.0642 e. The van der Waals surface area contributed by atoms with E-state index in [2.05, 4.69) is 20.8 Å². The van der Waals surface area contributed by atoms with Gasteiger partial charge in [-0.3, -0.25) is 0 Å². The predicted molar refractivity (Wildman–Crippen MR) is 40.4 cm³/mol. The van der Waals surface area contributed by atoms with Crippen molar-refractivity contribution in [3.8, 4) is 0 Å². The van der Waals surface area contributed by atoms with Crippen LogP contribution in [0.2, 0.25) is 0 Å². The Morgan fingerprint density at radius 1 is 1.11 bits per heavy atom. The summed E-state index contributed by atoms with van der Waals surface area (Å²) in [4.78, 5) is 0. The molecular formula is C8H18O. The fourth-order valence-electron chi connectivity index (χ4n) is 0.433. The van der Waals surface area contributed by atoms with Gasteiger partial charge in [0.2, 0.25) is 0 Å². The van der Waals surface area contributed by atoms with Crippen LogP contribution in [0.1, 0.15) is 41.0 Å². The SMILES string of the molecule is CCC(C)(C)C(C)(C)O. The van der Waals surface area contributed by atoms with Crippen LogP contribution in [0.4, 0.5) is 0 Å². The minimum Gasteiger partial charge on any atom is -0.390 e. The molecule has 0 unspecified atom stereocenters. The molecule has 1 heteroatoms. The Morgan fingerprint density at radius 2 is 1.44 bits per heavy atom. The van der Waals surface area contributed by atoms with Crippen LogP contribution in [0.5, 0.6) is 0 Å². The largest absolute Gasteiger partial charge is 0.390 e. The molecule has 0 saturated carbocycles. The topological polar surface area (TPSA) is 20.2 Å². The molecule has 0 rings (SSSR count). The van der Waals surface area contributed by atoms with Crippen molar-refractivity contribution in [2.24, 2.45) is 5.41 Å². The zero-order valence-corrected chi connectivity index (χ0v) is 7.15. The fourth-order valence-corrected chi connectivity index (χ4v) is 0.433. The predicted octanol–water partition coefficient (Wildman–Crippen LogP) is 2.19. The van der Waals surface area contributed by atoms with E-state index in [0.717, 1.165) is 6.42 Å². The van der Waals surface area contributed by atoms with Gasteiger partial charge in [0.05, 0.1) is 5.60 Å². The van der Waals surface area contributed by atoms with Crippen LogP contribution in [-0.2, 0) is 0 Å². The highest BCUT2D eigenvalue weighted by molar-refractivity contribution is 4.83. The summed E-state index contributed by atoms with van der Waals surface area (Å²) in [5.74, 6) is 0. The van der Waals surface area contributed by atoms with E-state index < -0.39 is 5.60 Å². The lowest BCUT2D eigenvalue weighted by molar-refractivity contribution is -0.0366. The molecule has 0 aliphatic carbocycles. The molecule has 1 N–H and O–H groups in total. The molecule has 0 aromatic rings. The highest BCUT2D eigenvalue weighted by Crippen LogP contribution is 2.32. The number of rotatable bonds is 2. The Labute approximate surface area is 58.1 Å². The Morgan fingerprint density at radius 3 is 1.44 bits per heavy atom. The van der Waals surface area contributed by atoms with Crippen molar-refractivity contribution in [3.05, 3.63) is 0 Å². The van der Waals surface area contributed by atoms with Crippen LogP contribution in [0, 0.1) is 5.41 Å². The molecule has 0 atom stereocenters. The Bertz CT molecular complexity index is 87.2. The van der Waals surface area contributed by atoms with E-state index in [9.17, 15) is 5.11 Å². The van der Waals surface area contributed by atoms with Crippen molar-refractivity contribution in [3.63, 3.8) is 0 Å². The van der Waals surface area contributed by atoms with Gasteiger partial charge in [0.25, 0.3) is 0 Å². The summed E-state index contributed by atoms with van der Waals surface area (Å²) in [6.07, 6.45) is 1.01. The molecule has 0 aromatic carbocycles. The first kappa shape index (κ1) is 8.96. The highest BCUT2D eigenvalue weighted by Gasteiger charge is 2.32. The molecule has 0 aliphatic rings. The zero-order chi connectivity index (χ0) is 7.71. The number of hydrogen-bond acceptors (Lipinski definition) is 1. The molecule has 0 saturated heterocycles. The fraction of sp³-hybridized carbons (Fsp3) is 1.00. The summed E-state index contributed by atoms with van der Waals surface area (Å²) in [6, 6.07) is 0. The molecule has 0 aliphatic heterocycles. The molecule has 0 spiro atoms. The molecule has 1 nitrogen and oxygen atoms in total. The van der Waals surface area contributed by atoms with Crippen LogP contribution in [-0.4, -0.2) is 10.7 Å². The summed E-state index contributed by atoms with van der Waals surface area (Å²) in [6.45, 7) is 9.96. The minimum atomic E-state index is -0.554. The molecule has 0 aromatic heterocycles. The molecule has 0 fully saturated rings. The Hall–Kier alpha value is -0.0400. The summed E-state index contributed by atoms with van der Waals surface area (Å²) < 4.78 is 0. The van der Waals surface area contributed by atoms with Gasteiger partial charge < -0.3 is 5.11 Å². The zero-order valence-electron chi connectivity index (χ0n) is 7.15. The normalized spacial score (nSPS) is 14.0. The summed E-state index contributed by atoms with van der Waals surface area (Å²) in [5.41, 5.74) is -0.519. The lowest BCUT2D eigenvalue weighted by Crippen LogP contribution is -2.38. The molecule has 9 heavy (non-hydrogen) atoms. The van der Waals surface area contributed by atoms with Crippen molar-refractivity contribution in [1.82, 2.24) is 0 Å². The quantitative estimate of drug-likeness (QED) is 0.607. The van der Waals surface area contributed by atoms with Crippen LogP contribution < -0.4 is 0 Å². The van der Waals surface area contributed by atoms with Gasteiger partial charge in [-0.2, -0.15) is 0 Å². The Balaban J connectivity index is 4.14. The maximum absolute atomic E-state index is 9.55. The third-order valence-electron chi connectivity index (χ3n) is 2.54. The average molecular weight is 130 g/mol. The van der Waals surface area contributed by atoms with Crippen molar-refractivity contribution in [2.75, 3.05) is 0 Å². The third-order valence-corrected chi connectivity index (χ3v) is 2.54. The van der Waals surface area contributed by atoms with E-state index in [1.165, 1.54) is 0 Å². The van der Waals surface area contributed by atoms with Gasteiger partial charge in [0.15, 0.2) is 0 Å². The second kappa shape index (κ2) is 2.30. The Kier molecular flexibility index (Phi) is 2.29. The first-order valence-corrected chi connectivity index (χ1v) is 3.53. The lowest BCUT2D eigenvalue weighted by atomic mass is 9.75. The van der Waals surface area contributed by atoms with E-state index in [4.69, 9.17) is 0 Å². The third kappa shape index (κ3) is 1.98. The van der Waals surface area contributed by atoms with E-state index in [1.54, 1.807) is 0 Å². The number of aliphatic hydroxyl groups is 1. The second-order valence-corrected chi connectivity index (χ2v) is 3.80. The first-order chi connectivity index (χ1) is 3.81. The second-order valence-electron chi connectivity index (χ2n) is 3.80. The van der Waals surface area contributed by atoms with E-state index in [1.807, 2.05) is 13.8 Å². The van der Waals surface area contributed by atoms with Crippen molar-refractivity contribution in [1.29, 1.82) is 0 Å².